The minimum absolute atomic E-state index is 0.00263. The van der Waals surface area contributed by atoms with Gasteiger partial charge < -0.3 is 9.88 Å². The highest BCUT2D eigenvalue weighted by Gasteiger charge is 2.31. The lowest BCUT2D eigenvalue weighted by atomic mass is 9.83. The predicted molar refractivity (Wildman–Crippen MR) is 116 cm³/mol. The maximum absolute atomic E-state index is 13.4. The number of fused-ring (bicyclic) bond motifs is 2. The van der Waals surface area contributed by atoms with E-state index in [9.17, 15) is 9.59 Å². The van der Waals surface area contributed by atoms with Gasteiger partial charge >= 0.3 is 0 Å². The molecule has 1 saturated carbocycles. The molecule has 0 radical (unpaired) electrons. The molecule has 28 heavy (non-hydrogen) atoms. The number of carbonyl (C=O) groups excluding carboxylic acids is 1. The number of pyridine rings is 1. The highest BCUT2D eigenvalue weighted by atomic mass is 79.9. The molecular formula is C23H21BrN2O2. The van der Waals surface area contributed by atoms with Crippen molar-refractivity contribution in [3.63, 3.8) is 0 Å². The molecule has 0 unspecified atom stereocenters. The minimum atomic E-state index is -0.0366. The van der Waals surface area contributed by atoms with Gasteiger partial charge in [-0.25, -0.2) is 0 Å². The third-order valence-electron chi connectivity index (χ3n) is 6.13. The summed E-state index contributed by atoms with van der Waals surface area (Å²) in [5.41, 5.74) is 4.40. The standard InChI is InChI=1S/C23H21BrN2O2/c1-26-17-12-11-16(24)19-20(17)18(14-9-5-6-10-15(14)22(19)27)21(23(26)28)25-13-7-3-2-4-8-13/h5-6,9-13,25H,2-4,7-8H2,1H3. The van der Waals surface area contributed by atoms with Crippen LogP contribution >= 0.6 is 15.9 Å². The zero-order valence-corrected chi connectivity index (χ0v) is 17.3. The Balaban J connectivity index is 1.89. The molecule has 2 aliphatic carbocycles. The molecule has 1 N–H and O–H groups in total. The maximum atomic E-state index is 13.4. The monoisotopic (exact) mass is 436 g/mol. The normalized spacial score (nSPS) is 16.3. The molecule has 1 fully saturated rings. The third-order valence-corrected chi connectivity index (χ3v) is 6.79. The van der Waals surface area contributed by atoms with Crippen LogP contribution in [0.5, 0.6) is 0 Å². The number of aromatic nitrogens is 1. The van der Waals surface area contributed by atoms with Gasteiger partial charge in [-0.3, -0.25) is 9.59 Å². The lowest BCUT2D eigenvalue weighted by molar-refractivity contribution is 0.103. The second kappa shape index (κ2) is 6.59. The number of rotatable bonds is 2. The van der Waals surface area contributed by atoms with Crippen LogP contribution in [0.3, 0.4) is 0 Å². The summed E-state index contributed by atoms with van der Waals surface area (Å²) in [5, 5.41) is 4.44. The molecule has 2 aliphatic rings. The molecule has 5 heteroatoms. The van der Waals surface area contributed by atoms with Crippen LogP contribution in [0.1, 0.15) is 48.0 Å². The fourth-order valence-electron chi connectivity index (χ4n) is 4.72. The highest BCUT2D eigenvalue weighted by molar-refractivity contribution is 9.10. The van der Waals surface area contributed by atoms with Crippen LogP contribution in [0.4, 0.5) is 5.69 Å². The fourth-order valence-corrected chi connectivity index (χ4v) is 5.23. The van der Waals surface area contributed by atoms with E-state index in [0.29, 0.717) is 22.9 Å². The van der Waals surface area contributed by atoms with E-state index in [1.54, 1.807) is 11.6 Å². The van der Waals surface area contributed by atoms with Crippen LogP contribution in [-0.2, 0) is 7.05 Å². The summed E-state index contributed by atoms with van der Waals surface area (Å²) in [4.78, 5) is 26.6. The van der Waals surface area contributed by atoms with Gasteiger partial charge in [0.25, 0.3) is 5.56 Å². The van der Waals surface area contributed by atoms with E-state index in [0.717, 1.165) is 39.3 Å². The Morgan fingerprint density at radius 1 is 0.964 bits per heavy atom. The fraction of sp³-hybridized carbons (Fsp3) is 0.304. The van der Waals surface area contributed by atoms with Gasteiger partial charge in [0, 0.05) is 39.6 Å². The first-order chi connectivity index (χ1) is 13.6. The first-order valence-electron chi connectivity index (χ1n) is 9.83. The minimum Gasteiger partial charge on any atom is -0.377 e. The highest BCUT2D eigenvalue weighted by Crippen LogP contribution is 2.44. The van der Waals surface area contributed by atoms with Crippen molar-refractivity contribution in [2.45, 2.75) is 38.1 Å². The van der Waals surface area contributed by atoms with E-state index in [4.69, 9.17) is 0 Å². The number of nitrogens with one attached hydrogen (secondary N) is 1. The van der Waals surface area contributed by atoms with Gasteiger partial charge in [-0.2, -0.15) is 0 Å². The van der Waals surface area contributed by atoms with Crippen molar-refractivity contribution in [1.29, 1.82) is 0 Å². The van der Waals surface area contributed by atoms with Crippen LogP contribution in [0.25, 0.3) is 22.0 Å². The summed E-state index contributed by atoms with van der Waals surface area (Å²) >= 11 is 3.58. The molecule has 0 atom stereocenters. The van der Waals surface area contributed by atoms with Crippen LogP contribution in [0, 0.1) is 0 Å². The number of anilines is 1. The topological polar surface area (TPSA) is 51.1 Å². The Labute approximate surface area is 171 Å². The van der Waals surface area contributed by atoms with E-state index in [-0.39, 0.29) is 11.3 Å². The van der Waals surface area contributed by atoms with Gasteiger partial charge in [0.05, 0.1) is 5.52 Å². The van der Waals surface area contributed by atoms with Crippen molar-refractivity contribution in [3.8, 4) is 11.1 Å². The molecule has 0 aliphatic heterocycles. The predicted octanol–water partition coefficient (Wildman–Crippen LogP) is 5.26. The van der Waals surface area contributed by atoms with Gasteiger partial charge in [0.1, 0.15) is 5.69 Å². The number of hydrogen-bond donors (Lipinski definition) is 1. The summed E-state index contributed by atoms with van der Waals surface area (Å²) < 4.78 is 2.43. The lowest BCUT2D eigenvalue weighted by Gasteiger charge is -2.28. The van der Waals surface area contributed by atoms with Crippen molar-refractivity contribution in [2.75, 3.05) is 5.32 Å². The average Bonchev–Trinajstić information content (AvgIpc) is 2.72. The molecule has 1 aromatic heterocycles. The maximum Gasteiger partial charge on any atom is 0.274 e. The number of aryl methyl sites for hydroxylation is 1. The number of ketones is 1. The van der Waals surface area contributed by atoms with Gasteiger partial charge in [0.2, 0.25) is 0 Å². The Bertz CT molecular complexity index is 1190. The molecule has 0 spiro atoms. The molecule has 0 saturated heterocycles. The zero-order chi connectivity index (χ0) is 19.4. The quantitative estimate of drug-likeness (QED) is 0.466. The number of nitrogens with zero attached hydrogens (tertiary/aromatic N) is 1. The van der Waals surface area contributed by atoms with Crippen molar-refractivity contribution >= 4 is 38.3 Å². The summed E-state index contributed by atoms with van der Waals surface area (Å²) in [5.74, 6) is 0.00263. The van der Waals surface area contributed by atoms with Crippen molar-refractivity contribution in [2.24, 2.45) is 7.05 Å². The summed E-state index contributed by atoms with van der Waals surface area (Å²) in [6, 6.07) is 11.7. The second-order valence-electron chi connectivity index (χ2n) is 7.78. The van der Waals surface area contributed by atoms with E-state index in [2.05, 4.69) is 21.2 Å². The molecule has 0 bridgehead atoms. The van der Waals surface area contributed by atoms with Crippen LogP contribution < -0.4 is 10.9 Å². The molecule has 142 valence electrons. The Hall–Kier alpha value is -2.40. The number of hydrogen-bond acceptors (Lipinski definition) is 3. The molecule has 5 rings (SSSR count). The SMILES string of the molecule is Cn1c(=O)c(NC2CCCCC2)c2c3c(c(Br)ccc31)C(=O)c1ccccc1-2. The zero-order valence-electron chi connectivity index (χ0n) is 15.7. The third kappa shape index (κ3) is 2.49. The van der Waals surface area contributed by atoms with E-state index in [1.165, 1.54) is 19.3 Å². The average molecular weight is 437 g/mol. The van der Waals surface area contributed by atoms with E-state index in [1.807, 2.05) is 36.4 Å². The Morgan fingerprint density at radius 2 is 1.68 bits per heavy atom. The molecule has 0 amide bonds. The summed E-state index contributed by atoms with van der Waals surface area (Å²) in [7, 11) is 1.79. The Kier molecular flexibility index (Phi) is 4.16. The summed E-state index contributed by atoms with van der Waals surface area (Å²) in [6.45, 7) is 0. The number of halogens is 1. The number of carbonyl (C=O) groups is 1. The van der Waals surface area contributed by atoms with Crippen LogP contribution in [0.15, 0.2) is 45.7 Å². The largest absolute Gasteiger partial charge is 0.377 e. The van der Waals surface area contributed by atoms with Gasteiger partial charge in [-0.15, -0.1) is 0 Å². The van der Waals surface area contributed by atoms with Gasteiger partial charge in [0.15, 0.2) is 5.78 Å². The first-order valence-corrected chi connectivity index (χ1v) is 10.6. The molecule has 4 nitrogen and oxygen atoms in total. The van der Waals surface area contributed by atoms with Crippen LogP contribution in [-0.4, -0.2) is 16.4 Å². The molecule has 2 aromatic carbocycles. The van der Waals surface area contributed by atoms with E-state index >= 15 is 0 Å². The van der Waals surface area contributed by atoms with Gasteiger partial charge in [-0.1, -0.05) is 59.5 Å². The molecule has 1 heterocycles. The van der Waals surface area contributed by atoms with Gasteiger partial charge in [-0.05, 0) is 30.5 Å². The van der Waals surface area contributed by atoms with Crippen molar-refractivity contribution in [1.82, 2.24) is 4.57 Å². The summed E-state index contributed by atoms with van der Waals surface area (Å²) in [6.07, 6.45) is 5.79. The van der Waals surface area contributed by atoms with E-state index < -0.39 is 0 Å². The Morgan fingerprint density at radius 3 is 2.43 bits per heavy atom. The molecule has 3 aromatic rings. The first kappa shape index (κ1) is 17.7. The van der Waals surface area contributed by atoms with Crippen molar-refractivity contribution < 1.29 is 4.79 Å². The lowest BCUT2D eigenvalue weighted by Crippen LogP contribution is -2.30. The second-order valence-corrected chi connectivity index (χ2v) is 8.64. The van der Waals surface area contributed by atoms with Crippen molar-refractivity contribution in [3.05, 3.63) is 62.4 Å². The van der Waals surface area contributed by atoms with Crippen LogP contribution in [0.2, 0.25) is 0 Å². The molecular weight excluding hydrogens is 416 g/mol. The smallest absolute Gasteiger partial charge is 0.274 e. The number of benzene rings is 2.